The molecule has 0 bridgehead atoms. The van der Waals surface area contributed by atoms with Gasteiger partial charge in [0.1, 0.15) is 0 Å². The number of nitrogens with zero attached hydrogens (tertiary/aromatic N) is 5. The topological polar surface area (TPSA) is 75.4 Å². The number of hydrogen-bond acceptors (Lipinski definition) is 6. The fraction of sp³-hybridized carbons (Fsp3) is 0.333. The van der Waals surface area contributed by atoms with Crippen molar-refractivity contribution in [3.05, 3.63) is 36.5 Å². The molecule has 0 saturated carbocycles. The third-order valence-corrected chi connectivity index (χ3v) is 3.05. The van der Waals surface area contributed by atoms with Gasteiger partial charge in [-0.05, 0) is 6.07 Å². The van der Waals surface area contributed by atoms with Gasteiger partial charge in [-0.1, -0.05) is 5.16 Å². The highest BCUT2D eigenvalue weighted by Crippen LogP contribution is 2.12. The normalized spacial score (nSPS) is 15.6. The molecule has 3 rings (SSSR count). The number of carbonyl (C=O) groups is 1. The summed E-state index contributed by atoms with van der Waals surface area (Å²) < 4.78 is 4.88. The average molecular weight is 259 g/mol. The molecule has 1 fully saturated rings. The van der Waals surface area contributed by atoms with Crippen molar-refractivity contribution < 1.29 is 9.32 Å². The fourth-order valence-electron chi connectivity index (χ4n) is 2.05. The van der Waals surface area contributed by atoms with Crippen molar-refractivity contribution in [3.8, 4) is 0 Å². The lowest BCUT2D eigenvalue weighted by Crippen LogP contribution is -2.49. The molecule has 0 atom stereocenters. The highest BCUT2D eigenvalue weighted by molar-refractivity contribution is 5.91. The van der Waals surface area contributed by atoms with Crippen molar-refractivity contribution in [2.24, 2.45) is 0 Å². The van der Waals surface area contributed by atoms with E-state index in [1.165, 1.54) is 6.20 Å². The van der Waals surface area contributed by atoms with Gasteiger partial charge in [0, 0.05) is 44.6 Å². The Morgan fingerprint density at radius 2 is 1.84 bits per heavy atom. The summed E-state index contributed by atoms with van der Waals surface area (Å²) in [4.78, 5) is 24.3. The number of piperazine rings is 1. The maximum absolute atomic E-state index is 12.0. The number of amides is 1. The third-order valence-electron chi connectivity index (χ3n) is 3.05. The Balaban J connectivity index is 1.62. The van der Waals surface area contributed by atoms with Crippen LogP contribution in [0.4, 0.5) is 5.95 Å². The summed E-state index contributed by atoms with van der Waals surface area (Å²) in [6.07, 6.45) is 4.91. The molecule has 3 heterocycles. The monoisotopic (exact) mass is 259 g/mol. The molecule has 1 aliphatic rings. The zero-order valence-corrected chi connectivity index (χ0v) is 10.3. The zero-order chi connectivity index (χ0) is 13.1. The quantitative estimate of drug-likeness (QED) is 0.778. The standard InChI is InChI=1S/C12H13N5O2/c18-11(10-2-5-15-19-10)16-6-8-17(9-7-16)12-13-3-1-4-14-12/h1-5H,6-9H2. The van der Waals surface area contributed by atoms with Crippen molar-refractivity contribution in [2.45, 2.75) is 0 Å². The molecule has 7 heteroatoms. The molecule has 0 N–H and O–H groups in total. The predicted molar refractivity (Wildman–Crippen MR) is 66.7 cm³/mol. The summed E-state index contributed by atoms with van der Waals surface area (Å²) in [5.41, 5.74) is 0. The minimum atomic E-state index is -0.119. The van der Waals surface area contributed by atoms with Gasteiger partial charge in [0.05, 0.1) is 6.20 Å². The Morgan fingerprint density at radius 1 is 1.11 bits per heavy atom. The van der Waals surface area contributed by atoms with Gasteiger partial charge in [0.25, 0.3) is 5.91 Å². The minimum absolute atomic E-state index is 0.119. The van der Waals surface area contributed by atoms with Gasteiger partial charge >= 0.3 is 0 Å². The van der Waals surface area contributed by atoms with Crippen LogP contribution in [0, 0.1) is 0 Å². The van der Waals surface area contributed by atoms with Gasteiger partial charge < -0.3 is 14.3 Å². The predicted octanol–water partition coefficient (Wildman–Crippen LogP) is 0.427. The molecule has 0 unspecified atom stereocenters. The Morgan fingerprint density at radius 3 is 2.47 bits per heavy atom. The van der Waals surface area contributed by atoms with Crippen molar-refractivity contribution in [3.63, 3.8) is 0 Å². The maximum atomic E-state index is 12.0. The van der Waals surface area contributed by atoms with Gasteiger partial charge in [0.15, 0.2) is 0 Å². The molecular weight excluding hydrogens is 246 g/mol. The van der Waals surface area contributed by atoms with E-state index < -0.39 is 0 Å². The largest absolute Gasteiger partial charge is 0.351 e. The number of aromatic nitrogens is 3. The third kappa shape index (κ3) is 2.40. The lowest BCUT2D eigenvalue weighted by atomic mass is 10.3. The lowest BCUT2D eigenvalue weighted by Gasteiger charge is -2.34. The number of hydrogen-bond donors (Lipinski definition) is 0. The molecule has 1 saturated heterocycles. The second-order valence-corrected chi connectivity index (χ2v) is 4.20. The molecule has 2 aromatic heterocycles. The summed E-state index contributed by atoms with van der Waals surface area (Å²) in [7, 11) is 0. The van der Waals surface area contributed by atoms with E-state index in [9.17, 15) is 4.79 Å². The van der Waals surface area contributed by atoms with E-state index in [-0.39, 0.29) is 11.7 Å². The van der Waals surface area contributed by atoms with Crippen LogP contribution in [0.5, 0.6) is 0 Å². The van der Waals surface area contributed by atoms with Crippen molar-refractivity contribution in [2.75, 3.05) is 31.1 Å². The van der Waals surface area contributed by atoms with Crippen LogP contribution in [0.1, 0.15) is 10.6 Å². The fourth-order valence-corrected chi connectivity index (χ4v) is 2.05. The van der Waals surface area contributed by atoms with Crippen LogP contribution in [0.25, 0.3) is 0 Å². The first-order chi connectivity index (χ1) is 9.34. The zero-order valence-electron chi connectivity index (χ0n) is 10.3. The molecule has 0 aliphatic carbocycles. The number of carbonyl (C=O) groups excluding carboxylic acids is 1. The molecule has 7 nitrogen and oxygen atoms in total. The molecular formula is C12H13N5O2. The average Bonchev–Trinajstić information content (AvgIpc) is 3.02. The van der Waals surface area contributed by atoms with E-state index in [0.717, 1.165) is 0 Å². The Hall–Kier alpha value is -2.44. The van der Waals surface area contributed by atoms with E-state index in [4.69, 9.17) is 4.52 Å². The summed E-state index contributed by atoms with van der Waals surface area (Å²) in [6.45, 7) is 2.67. The lowest BCUT2D eigenvalue weighted by molar-refractivity contribution is 0.0704. The van der Waals surface area contributed by atoms with Crippen LogP contribution in [0.3, 0.4) is 0 Å². The van der Waals surface area contributed by atoms with Crippen molar-refractivity contribution >= 4 is 11.9 Å². The second kappa shape index (κ2) is 5.05. The van der Waals surface area contributed by atoms with Crippen molar-refractivity contribution in [1.82, 2.24) is 20.0 Å². The van der Waals surface area contributed by atoms with Crippen LogP contribution < -0.4 is 4.90 Å². The van der Waals surface area contributed by atoms with E-state index in [1.807, 2.05) is 0 Å². The van der Waals surface area contributed by atoms with E-state index in [2.05, 4.69) is 20.0 Å². The highest BCUT2D eigenvalue weighted by atomic mass is 16.5. The molecule has 0 radical (unpaired) electrons. The Labute approximate surface area is 109 Å². The van der Waals surface area contributed by atoms with Crippen LogP contribution in [-0.4, -0.2) is 52.1 Å². The highest BCUT2D eigenvalue weighted by Gasteiger charge is 2.24. The molecule has 98 valence electrons. The first kappa shape index (κ1) is 11.6. The first-order valence-electron chi connectivity index (χ1n) is 6.06. The van der Waals surface area contributed by atoms with Crippen LogP contribution >= 0.6 is 0 Å². The summed E-state index contributed by atoms with van der Waals surface area (Å²) in [5.74, 6) is 0.866. The van der Waals surface area contributed by atoms with Gasteiger partial charge in [0.2, 0.25) is 11.7 Å². The number of rotatable bonds is 2. The Bertz CT molecular complexity index is 535. The minimum Gasteiger partial charge on any atom is -0.351 e. The molecule has 1 amide bonds. The smallest absolute Gasteiger partial charge is 0.292 e. The Kier molecular flexibility index (Phi) is 3.09. The summed E-state index contributed by atoms with van der Waals surface area (Å²) in [5, 5.41) is 3.55. The summed E-state index contributed by atoms with van der Waals surface area (Å²) in [6, 6.07) is 3.36. The van der Waals surface area contributed by atoms with Crippen LogP contribution in [0.2, 0.25) is 0 Å². The van der Waals surface area contributed by atoms with E-state index in [1.54, 1.807) is 29.4 Å². The second-order valence-electron chi connectivity index (χ2n) is 4.20. The molecule has 2 aromatic rings. The van der Waals surface area contributed by atoms with E-state index in [0.29, 0.717) is 32.1 Å². The number of anilines is 1. The van der Waals surface area contributed by atoms with Crippen molar-refractivity contribution in [1.29, 1.82) is 0 Å². The van der Waals surface area contributed by atoms with Gasteiger partial charge in [-0.15, -0.1) is 0 Å². The molecule has 0 spiro atoms. The molecule has 1 aliphatic heterocycles. The van der Waals surface area contributed by atoms with Crippen LogP contribution in [-0.2, 0) is 0 Å². The SMILES string of the molecule is O=C(c1ccno1)N1CCN(c2ncccn2)CC1. The van der Waals surface area contributed by atoms with E-state index >= 15 is 0 Å². The van der Waals surface area contributed by atoms with Crippen LogP contribution in [0.15, 0.2) is 35.2 Å². The summed E-state index contributed by atoms with van der Waals surface area (Å²) >= 11 is 0. The van der Waals surface area contributed by atoms with Gasteiger partial charge in [-0.25, -0.2) is 9.97 Å². The molecule has 19 heavy (non-hydrogen) atoms. The molecule has 0 aromatic carbocycles. The van der Waals surface area contributed by atoms with Gasteiger partial charge in [-0.2, -0.15) is 0 Å². The van der Waals surface area contributed by atoms with Gasteiger partial charge in [-0.3, -0.25) is 4.79 Å². The first-order valence-corrected chi connectivity index (χ1v) is 6.06. The maximum Gasteiger partial charge on any atom is 0.292 e.